The summed E-state index contributed by atoms with van der Waals surface area (Å²) in [5, 5.41) is 11.9. The third kappa shape index (κ3) is 3.68. The molecule has 0 atom stereocenters. The minimum Gasteiger partial charge on any atom is -0.477 e. The third-order valence-electron chi connectivity index (χ3n) is 2.44. The third-order valence-corrected chi connectivity index (χ3v) is 4.12. The highest BCUT2D eigenvalue weighted by Gasteiger charge is 2.08. The van der Waals surface area contributed by atoms with Crippen molar-refractivity contribution >= 4 is 44.7 Å². The second-order valence-electron chi connectivity index (χ2n) is 3.82. The molecule has 2 aromatic rings. The van der Waals surface area contributed by atoms with Gasteiger partial charge in [0.15, 0.2) is 5.69 Å². The molecule has 0 radical (unpaired) electrons. The van der Waals surface area contributed by atoms with Crippen molar-refractivity contribution in [1.82, 2.24) is 4.98 Å². The minimum absolute atomic E-state index is 0.0180. The molecule has 5 nitrogen and oxygen atoms in total. The molecular weight excluding hydrogens is 330 g/mol. The number of nitrogen functional groups attached to an aromatic ring is 1. The lowest BCUT2D eigenvalue weighted by Gasteiger charge is -2.08. The van der Waals surface area contributed by atoms with Crippen molar-refractivity contribution in [3.05, 3.63) is 38.6 Å². The molecule has 19 heavy (non-hydrogen) atoms. The van der Waals surface area contributed by atoms with Crippen LogP contribution in [-0.4, -0.2) is 22.6 Å². The Balaban J connectivity index is 1.99. The number of nitrogens with zero attached hydrogens (tertiary/aromatic N) is 1. The first-order valence-electron chi connectivity index (χ1n) is 5.54. The Labute approximate surface area is 122 Å². The van der Waals surface area contributed by atoms with Crippen molar-refractivity contribution in [3.63, 3.8) is 0 Å². The number of aromatic nitrogens is 1. The topological polar surface area (TPSA) is 88.2 Å². The number of halogens is 1. The summed E-state index contributed by atoms with van der Waals surface area (Å²) in [5.74, 6) is -0.652. The van der Waals surface area contributed by atoms with Gasteiger partial charge in [-0.1, -0.05) is 0 Å². The molecule has 0 spiro atoms. The lowest BCUT2D eigenvalue weighted by atomic mass is 10.3. The fraction of sp³-hybridized carbons (Fsp3) is 0.167. The van der Waals surface area contributed by atoms with Crippen LogP contribution in [0.4, 0.5) is 11.5 Å². The monoisotopic (exact) mass is 341 g/mol. The van der Waals surface area contributed by atoms with Gasteiger partial charge in [0.2, 0.25) is 0 Å². The first-order valence-corrected chi connectivity index (χ1v) is 7.15. The average Bonchev–Trinajstić information content (AvgIpc) is 2.77. The lowest BCUT2D eigenvalue weighted by molar-refractivity contribution is 0.0690. The predicted molar refractivity (Wildman–Crippen MR) is 79.8 cm³/mol. The van der Waals surface area contributed by atoms with E-state index in [-0.39, 0.29) is 5.69 Å². The highest BCUT2D eigenvalue weighted by Crippen LogP contribution is 2.22. The van der Waals surface area contributed by atoms with E-state index in [1.807, 2.05) is 12.1 Å². The predicted octanol–water partition coefficient (Wildman–Crippen LogP) is 2.84. The van der Waals surface area contributed by atoms with E-state index in [1.165, 1.54) is 10.9 Å². The highest BCUT2D eigenvalue weighted by molar-refractivity contribution is 9.11. The number of thiophene rings is 1. The number of aromatic carboxylic acids is 1. The van der Waals surface area contributed by atoms with Crippen LogP contribution in [0.1, 0.15) is 15.4 Å². The fourth-order valence-electron chi connectivity index (χ4n) is 1.52. The van der Waals surface area contributed by atoms with E-state index >= 15 is 0 Å². The second kappa shape index (κ2) is 6.03. The zero-order valence-corrected chi connectivity index (χ0v) is 12.3. The van der Waals surface area contributed by atoms with Crippen LogP contribution in [0.2, 0.25) is 0 Å². The summed E-state index contributed by atoms with van der Waals surface area (Å²) in [6, 6.07) is 6.97. The second-order valence-corrected chi connectivity index (χ2v) is 6.37. The highest BCUT2D eigenvalue weighted by atomic mass is 79.9. The van der Waals surface area contributed by atoms with Gasteiger partial charge in [-0.3, -0.25) is 0 Å². The van der Waals surface area contributed by atoms with Crippen molar-refractivity contribution in [2.75, 3.05) is 17.6 Å². The zero-order valence-electron chi connectivity index (χ0n) is 9.89. The van der Waals surface area contributed by atoms with Gasteiger partial charge in [0.1, 0.15) is 5.82 Å². The van der Waals surface area contributed by atoms with E-state index in [0.717, 1.165) is 10.2 Å². The van der Waals surface area contributed by atoms with E-state index < -0.39 is 5.97 Å². The number of nitrogens with two attached hydrogens (primary N) is 1. The molecule has 2 aromatic heterocycles. The number of rotatable bonds is 5. The lowest BCUT2D eigenvalue weighted by Crippen LogP contribution is -2.10. The fourth-order valence-corrected chi connectivity index (χ4v) is 3.00. The smallest absolute Gasteiger partial charge is 0.354 e. The number of carboxylic acid groups (broad SMARTS) is 1. The molecule has 100 valence electrons. The molecule has 0 unspecified atom stereocenters. The molecule has 0 aliphatic heterocycles. The van der Waals surface area contributed by atoms with Crippen LogP contribution in [0.5, 0.6) is 0 Å². The molecule has 4 N–H and O–H groups in total. The molecule has 0 aliphatic carbocycles. The maximum absolute atomic E-state index is 10.8. The van der Waals surface area contributed by atoms with Gasteiger partial charge in [0.25, 0.3) is 0 Å². The van der Waals surface area contributed by atoms with Crippen molar-refractivity contribution < 1.29 is 9.90 Å². The number of carbonyl (C=O) groups is 1. The molecule has 0 amide bonds. The number of carboxylic acids is 1. The number of pyridine rings is 1. The molecule has 0 saturated carbocycles. The molecule has 2 rings (SSSR count). The van der Waals surface area contributed by atoms with E-state index in [9.17, 15) is 4.79 Å². The summed E-state index contributed by atoms with van der Waals surface area (Å²) in [6.07, 6.45) is 0.828. The molecule has 2 heterocycles. The molecule has 0 aliphatic rings. The number of nitrogens with one attached hydrogen (secondary N) is 1. The standard InChI is InChI=1S/C12H12BrN3O2S/c13-10-4-1-7(19-10)5-6-15-11-8(14)2-3-9(16-11)12(17)18/h1-4H,5-6,14H2,(H,15,16)(H,17,18). The van der Waals surface area contributed by atoms with Crippen LogP contribution in [0.15, 0.2) is 28.1 Å². The molecular formula is C12H12BrN3O2S. The van der Waals surface area contributed by atoms with Crippen LogP contribution in [0.3, 0.4) is 0 Å². The Bertz CT molecular complexity index is 600. The minimum atomic E-state index is -1.06. The van der Waals surface area contributed by atoms with Gasteiger partial charge in [0.05, 0.1) is 9.47 Å². The van der Waals surface area contributed by atoms with E-state index in [2.05, 4.69) is 26.2 Å². The van der Waals surface area contributed by atoms with Gasteiger partial charge in [-0.25, -0.2) is 9.78 Å². The molecule has 0 aromatic carbocycles. The van der Waals surface area contributed by atoms with Crippen molar-refractivity contribution in [1.29, 1.82) is 0 Å². The number of hydrogen-bond donors (Lipinski definition) is 3. The Hall–Kier alpha value is -1.60. The summed E-state index contributed by atoms with van der Waals surface area (Å²) in [7, 11) is 0. The van der Waals surface area contributed by atoms with Gasteiger partial charge < -0.3 is 16.2 Å². The van der Waals surface area contributed by atoms with E-state index in [1.54, 1.807) is 17.4 Å². The Morgan fingerprint density at radius 2 is 2.21 bits per heavy atom. The summed E-state index contributed by atoms with van der Waals surface area (Å²) >= 11 is 5.07. The molecule has 7 heteroatoms. The largest absolute Gasteiger partial charge is 0.477 e. The SMILES string of the molecule is Nc1ccc(C(=O)O)nc1NCCc1ccc(Br)s1. The normalized spacial score (nSPS) is 10.4. The van der Waals surface area contributed by atoms with Crippen molar-refractivity contribution in [2.24, 2.45) is 0 Å². The van der Waals surface area contributed by atoms with Crippen molar-refractivity contribution in [2.45, 2.75) is 6.42 Å². The zero-order chi connectivity index (χ0) is 13.8. The van der Waals surface area contributed by atoms with Crippen LogP contribution in [0, 0.1) is 0 Å². The van der Waals surface area contributed by atoms with Gasteiger partial charge >= 0.3 is 5.97 Å². The van der Waals surface area contributed by atoms with Crippen molar-refractivity contribution in [3.8, 4) is 0 Å². The van der Waals surface area contributed by atoms with E-state index in [4.69, 9.17) is 10.8 Å². The number of hydrogen-bond acceptors (Lipinski definition) is 5. The molecule has 0 bridgehead atoms. The van der Waals surface area contributed by atoms with Gasteiger partial charge in [-0.15, -0.1) is 11.3 Å². The summed E-state index contributed by atoms with van der Waals surface area (Å²) < 4.78 is 1.09. The van der Waals surface area contributed by atoms with Gasteiger partial charge in [-0.2, -0.15) is 0 Å². The quantitative estimate of drug-likeness (QED) is 0.778. The summed E-state index contributed by atoms with van der Waals surface area (Å²) in [6.45, 7) is 0.646. The first kappa shape index (κ1) is 13.8. The summed E-state index contributed by atoms with van der Waals surface area (Å²) in [4.78, 5) is 16.0. The van der Waals surface area contributed by atoms with E-state index in [0.29, 0.717) is 18.1 Å². The van der Waals surface area contributed by atoms with Crippen LogP contribution in [-0.2, 0) is 6.42 Å². The Kier molecular flexibility index (Phi) is 4.39. The molecule has 0 saturated heterocycles. The van der Waals surface area contributed by atoms with Crippen LogP contribution in [0.25, 0.3) is 0 Å². The van der Waals surface area contributed by atoms with Crippen LogP contribution >= 0.6 is 27.3 Å². The Morgan fingerprint density at radius 3 is 2.84 bits per heavy atom. The van der Waals surface area contributed by atoms with Gasteiger partial charge in [-0.05, 0) is 46.6 Å². The first-order chi connectivity index (χ1) is 9.06. The summed E-state index contributed by atoms with van der Waals surface area (Å²) in [5.41, 5.74) is 6.17. The van der Waals surface area contributed by atoms with Gasteiger partial charge in [0, 0.05) is 11.4 Å². The van der Waals surface area contributed by atoms with Crippen LogP contribution < -0.4 is 11.1 Å². The maximum Gasteiger partial charge on any atom is 0.354 e. The molecule has 0 fully saturated rings. The number of anilines is 2. The average molecular weight is 342 g/mol. The maximum atomic E-state index is 10.8. The Morgan fingerprint density at radius 1 is 1.42 bits per heavy atom.